The molecule has 1 aliphatic heterocycles. The van der Waals surface area contributed by atoms with Crippen molar-refractivity contribution in [1.29, 1.82) is 0 Å². The fourth-order valence-electron chi connectivity index (χ4n) is 2.13. The van der Waals surface area contributed by atoms with Crippen molar-refractivity contribution in [1.82, 2.24) is 9.78 Å². The number of benzene rings is 1. The van der Waals surface area contributed by atoms with E-state index >= 15 is 0 Å². The molecule has 3 rings (SSSR count). The maximum Gasteiger partial charge on any atom is 0.330 e. The Morgan fingerprint density at radius 2 is 2.10 bits per heavy atom. The molecule has 8 heteroatoms. The van der Waals surface area contributed by atoms with Crippen LogP contribution in [0.3, 0.4) is 0 Å². The Bertz CT molecular complexity index is 683. The lowest BCUT2D eigenvalue weighted by Crippen LogP contribution is -2.07. The minimum Gasteiger partial charge on any atom is -0.490 e. The van der Waals surface area contributed by atoms with Gasteiger partial charge in [-0.2, -0.15) is 5.10 Å². The lowest BCUT2D eigenvalue weighted by molar-refractivity contribution is -0.384. The second kappa shape index (κ2) is 5.31. The highest BCUT2D eigenvalue weighted by molar-refractivity contribution is 5.52. The maximum atomic E-state index is 10.8. The van der Waals surface area contributed by atoms with Crippen LogP contribution < -0.4 is 15.2 Å². The van der Waals surface area contributed by atoms with Gasteiger partial charge in [0.15, 0.2) is 11.5 Å². The number of aromatic nitrogens is 2. The van der Waals surface area contributed by atoms with Gasteiger partial charge in [0.2, 0.25) is 5.82 Å². The Labute approximate surface area is 120 Å². The monoisotopic (exact) mass is 290 g/mol. The fraction of sp³-hybridized carbons (Fsp3) is 0.308. The van der Waals surface area contributed by atoms with E-state index in [2.05, 4.69) is 5.10 Å². The second-order valence-corrected chi connectivity index (χ2v) is 4.66. The summed E-state index contributed by atoms with van der Waals surface area (Å²) in [6.07, 6.45) is 1.99. The zero-order chi connectivity index (χ0) is 14.8. The summed E-state index contributed by atoms with van der Waals surface area (Å²) in [6, 6.07) is 5.53. The zero-order valence-electron chi connectivity index (χ0n) is 11.2. The third kappa shape index (κ3) is 2.60. The summed E-state index contributed by atoms with van der Waals surface area (Å²) in [7, 11) is 0. The first kappa shape index (κ1) is 13.2. The highest BCUT2D eigenvalue weighted by atomic mass is 16.6. The van der Waals surface area contributed by atoms with Gasteiger partial charge in [-0.05, 0) is 17.7 Å². The molecule has 0 amide bonds. The van der Waals surface area contributed by atoms with Crippen LogP contribution in [0, 0.1) is 10.1 Å². The van der Waals surface area contributed by atoms with Crippen LogP contribution in [0.4, 0.5) is 11.5 Å². The predicted octanol–water partition coefficient (Wildman–Crippen LogP) is 1.58. The Morgan fingerprint density at radius 1 is 1.33 bits per heavy atom. The molecule has 1 aromatic carbocycles. The Morgan fingerprint density at radius 3 is 2.81 bits per heavy atom. The largest absolute Gasteiger partial charge is 0.490 e. The Balaban J connectivity index is 1.85. The molecule has 2 aromatic rings. The molecule has 0 atom stereocenters. The van der Waals surface area contributed by atoms with Crippen LogP contribution in [-0.2, 0) is 6.54 Å². The standard InChI is InChI=1S/C13H14N4O4/c14-13-10(17(18)19)7-15-16(13)8-9-2-3-11-12(6-9)21-5-1-4-20-11/h2-3,6-7H,1,4-5,8,14H2. The molecule has 0 fully saturated rings. The second-order valence-electron chi connectivity index (χ2n) is 4.66. The molecule has 2 heterocycles. The minimum atomic E-state index is -0.549. The topological polar surface area (TPSA) is 105 Å². The van der Waals surface area contributed by atoms with Crippen LogP contribution >= 0.6 is 0 Å². The number of hydrogen-bond donors (Lipinski definition) is 1. The average Bonchev–Trinajstić information content (AvgIpc) is 2.69. The smallest absolute Gasteiger partial charge is 0.330 e. The highest BCUT2D eigenvalue weighted by Crippen LogP contribution is 2.31. The van der Waals surface area contributed by atoms with Crippen molar-refractivity contribution in [2.24, 2.45) is 0 Å². The molecule has 0 saturated carbocycles. The van der Waals surface area contributed by atoms with Gasteiger partial charge in [0.1, 0.15) is 6.20 Å². The Kier molecular flexibility index (Phi) is 3.35. The van der Waals surface area contributed by atoms with E-state index in [-0.39, 0.29) is 11.5 Å². The summed E-state index contributed by atoms with van der Waals surface area (Å²) in [5, 5.41) is 14.7. The number of hydrogen-bond acceptors (Lipinski definition) is 6. The summed E-state index contributed by atoms with van der Waals surface area (Å²) in [5.41, 5.74) is 6.41. The van der Waals surface area contributed by atoms with Crippen molar-refractivity contribution in [3.05, 3.63) is 40.1 Å². The lowest BCUT2D eigenvalue weighted by Gasteiger charge is -2.09. The first-order valence-electron chi connectivity index (χ1n) is 6.49. The Hall–Kier alpha value is -2.77. The quantitative estimate of drug-likeness (QED) is 0.679. The molecule has 8 nitrogen and oxygen atoms in total. The molecule has 0 spiro atoms. The number of anilines is 1. The molecular weight excluding hydrogens is 276 g/mol. The molecule has 110 valence electrons. The number of rotatable bonds is 3. The molecule has 0 bridgehead atoms. The van der Waals surface area contributed by atoms with Crippen LogP contribution in [0.15, 0.2) is 24.4 Å². The van der Waals surface area contributed by atoms with Crippen molar-refractivity contribution in [3.63, 3.8) is 0 Å². The van der Waals surface area contributed by atoms with Crippen LogP contribution in [0.25, 0.3) is 0 Å². The van der Waals surface area contributed by atoms with Gasteiger partial charge in [-0.25, -0.2) is 4.68 Å². The predicted molar refractivity (Wildman–Crippen MR) is 74.4 cm³/mol. The van der Waals surface area contributed by atoms with Crippen molar-refractivity contribution in [3.8, 4) is 11.5 Å². The molecule has 1 aliphatic rings. The van der Waals surface area contributed by atoms with Crippen LogP contribution in [-0.4, -0.2) is 27.9 Å². The average molecular weight is 290 g/mol. The van der Waals surface area contributed by atoms with Crippen molar-refractivity contribution >= 4 is 11.5 Å². The molecule has 0 saturated heterocycles. The number of fused-ring (bicyclic) bond motifs is 1. The first-order chi connectivity index (χ1) is 10.1. The third-order valence-corrected chi connectivity index (χ3v) is 3.20. The summed E-state index contributed by atoms with van der Waals surface area (Å²) >= 11 is 0. The van der Waals surface area contributed by atoms with Crippen molar-refractivity contribution < 1.29 is 14.4 Å². The summed E-state index contributed by atoms with van der Waals surface area (Å²) < 4.78 is 12.5. The van der Waals surface area contributed by atoms with Gasteiger partial charge in [-0.1, -0.05) is 6.07 Å². The molecular formula is C13H14N4O4. The number of ether oxygens (including phenoxy) is 2. The number of nitrogens with two attached hydrogens (primary N) is 1. The summed E-state index contributed by atoms with van der Waals surface area (Å²) in [6.45, 7) is 1.56. The summed E-state index contributed by atoms with van der Waals surface area (Å²) in [4.78, 5) is 10.2. The molecule has 0 radical (unpaired) electrons. The van der Waals surface area contributed by atoms with Gasteiger partial charge in [0, 0.05) is 6.42 Å². The van der Waals surface area contributed by atoms with E-state index in [9.17, 15) is 10.1 Å². The third-order valence-electron chi connectivity index (χ3n) is 3.20. The van der Waals surface area contributed by atoms with Crippen LogP contribution in [0.2, 0.25) is 0 Å². The van der Waals surface area contributed by atoms with E-state index in [4.69, 9.17) is 15.2 Å². The molecule has 0 aliphatic carbocycles. The maximum absolute atomic E-state index is 10.8. The fourth-order valence-corrected chi connectivity index (χ4v) is 2.13. The van der Waals surface area contributed by atoms with Gasteiger partial charge in [0.25, 0.3) is 0 Å². The summed E-state index contributed by atoms with van der Waals surface area (Å²) in [5.74, 6) is 1.41. The van der Waals surface area contributed by atoms with Gasteiger partial charge in [-0.3, -0.25) is 10.1 Å². The van der Waals surface area contributed by atoms with Crippen LogP contribution in [0.5, 0.6) is 11.5 Å². The van der Waals surface area contributed by atoms with Gasteiger partial charge in [-0.15, -0.1) is 0 Å². The molecule has 21 heavy (non-hydrogen) atoms. The molecule has 1 aromatic heterocycles. The van der Waals surface area contributed by atoms with E-state index in [1.165, 1.54) is 4.68 Å². The molecule has 2 N–H and O–H groups in total. The number of nitro groups is 1. The number of nitrogen functional groups attached to an aromatic ring is 1. The normalized spacial score (nSPS) is 13.7. The van der Waals surface area contributed by atoms with Crippen LogP contribution in [0.1, 0.15) is 12.0 Å². The van der Waals surface area contributed by atoms with E-state index in [0.29, 0.717) is 31.3 Å². The van der Waals surface area contributed by atoms with E-state index in [1.54, 1.807) is 0 Å². The zero-order valence-corrected chi connectivity index (χ0v) is 11.2. The van der Waals surface area contributed by atoms with Gasteiger partial charge >= 0.3 is 5.69 Å². The van der Waals surface area contributed by atoms with Crippen molar-refractivity contribution in [2.75, 3.05) is 18.9 Å². The first-order valence-corrected chi connectivity index (χ1v) is 6.49. The van der Waals surface area contributed by atoms with E-state index in [0.717, 1.165) is 18.2 Å². The van der Waals surface area contributed by atoms with E-state index < -0.39 is 4.92 Å². The number of nitrogens with zero attached hydrogens (tertiary/aromatic N) is 3. The van der Waals surface area contributed by atoms with Gasteiger partial charge < -0.3 is 15.2 Å². The van der Waals surface area contributed by atoms with Crippen molar-refractivity contribution in [2.45, 2.75) is 13.0 Å². The molecule has 0 unspecified atom stereocenters. The minimum absolute atomic E-state index is 0.0344. The van der Waals surface area contributed by atoms with Gasteiger partial charge in [0.05, 0.1) is 24.7 Å². The lowest BCUT2D eigenvalue weighted by atomic mass is 10.2. The SMILES string of the molecule is Nc1c([N+](=O)[O-])cnn1Cc1ccc2c(c1)OCCCO2. The highest BCUT2D eigenvalue weighted by Gasteiger charge is 2.18. The van der Waals surface area contributed by atoms with E-state index in [1.807, 2.05) is 18.2 Å².